The van der Waals surface area contributed by atoms with Gasteiger partial charge in [0.05, 0.1) is 18.2 Å². The molecular weight excluding hydrogens is 298 g/mol. The lowest BCUT2D eigenvalue weighted by Gasteiger charge is -2.41. The SMILES string of the molecule is CCC(OC1OC(C)C(C)N[C@H]1c1ccccc1)c1ccccc1. The molecule has 1 fully saturated rings. The van der Waals surface area contributed by atoms with Crippen LogP contribution in [0.25, 0.3) is 0 Å². The molecule has 1 saturated heterocycles. The molecule has 2 aromatic carbocycles. The van der Waals surface area contributed by atoms with Gasteiger partial charge in [-0.15, -0.1) is 0 Å². The maximum atomic E-state index is 6.43. The molecule has 3 nitrogen and oxygen atoms in total. The highest BCUT2D eigenvalue weighted by molar-refractivity contribution is 5.21. The fourth-order valence-electron chi connectivity index (χ4n) is 3.17. The van der Waals surface area contributed by atoms with Crippen LogP contribution in [0.15, 0.2) is 60.7 Å². The molecule has 1 heterocycles. The Hall–Kier alpha value is -1.68. The quantitative estimate of drug-likeness (QED) is 0.870. The Morgan fingerprint density at radius 3 is 2.25 bits per heavy atom. The Labute approximate surface area is 145 Å². The first-order chi connectivity index (χ1) is 11.7. The van der Waals surface area contributed by atoms with Gasteiger partial charge in [-0.05, 0) is 31.4 Å². The molecule has 3 heteroatoms. The molecule has 1 aliphatic rings. The third-order valence-corrected chi connectivity index (χ3v) is 4.77. The van der Waals surface area contributed by atoms with Crippen molar-refractivity contribution in [3.8, 4) is 0 Å². The van der Waals surface area contributed by atoms with E-state index < -0.39 is 0 Å². The molecule has 0 spiro atoms. The number of rotatable bonds is 5. The zero-order valence-corrected chi connectivity index (χ0v) is 14.7. The summed E-state index contributed by atoms with van der Waals surface area (Å²) in [5.41, 5.74) is 2.39. The van der Waals surface area contributed by atoms with Gasteiger partial charge in [0.15, 0.2) is 6.29 Å². The largest absolute Gasteiger partial charge is 0.346 e. The molecule has 2 aromatic rings. The predicted octanol–water partition coefficient (Wildman–Crippen LogP) is 4.62. The lowest BCUT2D eigenvalue weighted by molar-refractivity contribution is -0.234. The van der Waals surface area contributed by atoms with E-state index in [1.165, 1.54) is 11.1 Å². The van der Waals surface area contributed by atoms with E-state index >= 15 is 0 Å². The molecule has 1 aliphatic heterocycles. The van der Waals surface area contributed by atoms with E-state index in [1.54, 1.807) is 0 Å². The smallest absolute Gasteiger partial charge is 0.178 e. The van der Waals surface area contributed by atoms with Crippen LogP contribution < -0.4 is 5.32 Å². The normalized spacial score (nSPS) is 28.5. The summed E-state index contributed by atoms with van der Waals surface area (Å²) < 4.78 is 12.7. The molecule has 0 radical (unpaired) electrons. The summed E-state index contributed by atoms with van der Waals surface area (Å²) in [4.78, 5) is 0. The van der Waals surface area contributed by atoms with Gasteiger partial charge in [-0.3, -0.25) is 0 Å². The third kappa shape index (κ3) is 3.86. The highest BCUT2D eigenvalue weighted by Crippen LogP contribution is 2.32. The van der Waals surface area contributed by atoms with Crippen molar-refractivity contribution >= 4 is 0 Å². The standard InChI is InChI=1S/C21H27NO2/c1-4-19(17-11-7-5-8-12-17)24-21-20(18-13-9-6-10-14-18)22-15(2)16(3)23-21/h5-16,19-22H,4H2,1-3H3/t15?,16?,19?,20-,21?/m0/s1. The summed E-state index contributed by atoms with van der Waals surface area (Å²) in [5.74, 6) is 0. The summed E-state index contributed by atoms with van der Waals surface area (Å²) in [5, 5.41) is 3.66. The zero-order valence-electron chi connectivity index (χ0n) is 14.7. The Morgan fingerprint density at radius 1 is 1.00 bits per heavy atom. The second-order valence-electron chi connectivity index (χ2n) is 6.50. The summed E-state index contributed by atoms with van der Waals surface area (Å²) in [6.07, 6.45) is 0.756. The highest BCUT2D eigenvalue weighted by Gasteiger charge is 2.36. The van der Waals surface area contributed by atoms with Crippen molar-refractivity contribution in [2.75, 3.05) is 0 Å². The van der Waals surface area contributed by atoms with Crippen molar-refractivity contribution in [2.45, 2.75) is 57.8 Å². The van der Waals surface area contributed by atoms with Gasteiger partial charge in [0.2, 0.25) is 0 Å². The van der Waals surface area contributed by atoms with Crippen molar-refractivity contribution in [1.82, 2.24) is 5.32 Å². The van der Waals surface area contributed by atoms with E-state index in [9.17, 15) is 0 Å². The number of hydrogen-bond acceptors (Lipinski definition) is 3. The minimum Gasteiger partial charge on any atom is -0.346 e. The lowest BCUT2D eigenvalue weighted by Crippen LogP contribution is -2.52. The molecule has 0 aromatic heterocycles. The van der Waals surface area contributed by atoms with Crippen LogP contribution in [-0.4, -0.2) is 18.4 Å². The van der Waals surface area contributed by atoms with Crippen molar-refractivity contribution in [3.63, 3.8) is 0 Å². The first kappa shape index (κ1) is 17.2. The fraction of sp³-hybridized carbons (Fsp3) is 0.429. The van der Waals surface area contributed by atoms with Crippen LogP contribution in [-0.2, 0) is 9.47 Å². The van der Waals surface area contributed by atoms with E-state index in [0.29, 0.717) is 0 Å². The van der Waals surface area contributed by atoms with Gasteiger partial charge in [-0.1, -0.05) is 67.6 Å². The van der Waals surface area contributed by atoms with E-state index in [0.717, 1.165) is 6.42 Å². The Morgan fingerprint density at radius 2 is 1.62 bits per heavy atom. The topological polar surface area (TPSA) is 30.5 Å². The van der Waals surface area contributed by atoms with Crippen LogP contribution in [0.4, 0.5) is 0 Å². The van der Waals surface area contributed by atoms with Crippen molar-refractivity contribution in [2.24, 2.45) is 0 Å². The van der Waals surface area contributed by atoms with Crippen LogP contribution in [0.1, 0.15) is 50.5 Å². The molecule has 0 amide bonds. The maximum absolute atomic E-state index is 6.43. The number of benzene rings is 2. The first-order valence-corrected chi connectivity index (χ1v) is 8.86. The molecule has 3 rings (SSSR count). The van der Waals surface area contributed by atoms with Gasteiger partial charge in [0.25, 0.3) is 0 Å². The Bertz CT molecular complexity index is 616. The van der Waals surface area contributed by atoms with Gasteiger partial charge in [-0.25, -0.2) is 0 Å². The molecule has 24 heavy (non-hydrogen) atoms. The molecule has 0 aliphatic carbocycles. The number of hydrogen-bond donors (Lipinski definition) is 1. The summed E-state index contributed by atoms with van der Waals surface area (Å²) >= 11 is 0. The molecule has 4 unspecified atom stereocenters. The minimum absolute atomic E-state index is 0.0322. The summed E-state index contributed by atoms with van der Waals surface area (Å²) in [7, 11) is 0. The molecule has 0 bridgehead atoms. The first-order valence-electron chi connectivity index (χ1n) is 8.86. The minimum atomic E-state index is -0.302. The van der Waals surface area contributed by atoms with E-state index in [1.807, 2.05) is 12.1 Å². The van der Waals surface area contributed by atoms with E-state index in [-0.39, 0.29) is 30.6 Å². The van der Waals surface area contributed by atoms with E-state index in [4.69, 9.17) is 9.47 Å². The van der Waals surface area contributed by atoms with E-state index in [2.05, 4.69) is 74.6 Å². The molecular formula is C21H27NO2. The van der Waals surface area contributed by atoms with Crippen molar-refractivity contribution in [1.29, 1.82) is 0 Å². The van der Waals surface area contributed by atoms with Gasteiger partial charge in [0, 0.05) is 6.04 Å². The van der Waals surface area contributed by atoms with Crippen molar-refractivity contribution < 1.29 is 9.47 Å². The molecule has 5 atom stereocenters. The molecule has 1 N–H and O–H groups in total. The summed E-state index contributed by atoms with van der Waals surface area (Å²) in [6, 6.07) is 21.1. The number of ether oxygens (including phenoxy) is 2. The van der Waals surface area contributed by atoms with Crippen LogP contribution >= 0.6 is 0 Å². The number of nitrogens with one attached hydrogen (secondary N) is 1. The second-order valence-corrected chi connectivity index (χ2v) is 6.50. The Balaban J connectivity index is 1.82. The average Bonchev–Trinajstić information content (AvgIpc) is 2.63. The molecule has 0 saturated carbocycles. The zero-order chi connectivity index (χ0) is 16.9. The fourth-order valence-corrected chi connectivity index (χ4v) is 3.17. The van der Waals surface area contributed by atoms with Gasteiger partial charge in [0.1, 0.15) is 0 Å². The number of morpholine rings is 1. The van der Waals surface area contributed by atoms with Crippen molar-refractivity contribution in [3.05, 3.63) is 71.8 Å². The third-order valence-electron chi connectivity index (χ3n) is 4.77. The average molecular weight is 325 g/mol. The summed E-state index contributed by atoms with van der Waals surface area (Å²) in [6.45, 7) is 6.40. The predicted molar refractivity (Wildman–Crippen MR) is 96.7 cm³/mol. The monoisotopic (exact) mass is 325 g/mol. The second kappa shape index (κ2) is 7.93. The lowest BCUT2D eigenvalue weighted by atomic mass is 10.0. The molecule has 128 valence electrons. The van der Waals surface area contributed by atoms with Gasteiger partial charge in [-0.2, -0.15) is 0 Å². The van der Waals surface area contributed by atoms with Crippen LogP contribution in [0.2, 0.25) is 0 Å². The highest BCUT2D eigenvalue weighted by atomic mass is 16.7. The Kier molecular flexibility index (Phi) is 5.67. The van der Waals surface area contributed by atoms with Crippen LogP contribution in [0.5, 0.6) is 0 Å². The maximum Gasteiger partial charge on any atom is 0.178 e. The van der Waals surface area contributed by atoms with Gasteiger partial charge < -0.3 is 14.8 Å². The van der Waals surface area contributed by atoms with Crippen LogP contribution in [0, 0.1) is 0 Å². The van der Waals surface area contributed by atoms with Gasteiger partial charge >= 0.3 is 0 Å². The van der Waals surface area contributed by atoms with Crippen LogP contribution in [0.3, 0.4) is 0 Å².